The number of amides is 3. The van der Waals surface area contributed by atoms with E-state index in [1.54, 1.807) is 11.1 Å². The maximum Gasteiger partial charge on any atom is 0.256 e. The van der Waals surface area contributed by atoms with E-state index in [1.165, 1.54) is 0 Å². The number of nitrogens with zero attached hydrogens (tertiary/aromatic N) is 2. The molecule has 0 radical (unpaired) electrons. The summed E-state index contributed by atoms with van der Waals surface area (Å²) in [6, 6.07) is 11.5. The first-order valence-electron chi connectivity index (χ1n) is 8.65. The van der Waals surface area contributed by atoms with Gasteiger partial charge in [-0.25, -0.2) is 0 Å². The highest BCUT2D eigenvalue weighted by Crippen LogP contribution is 2.39. The average Bonchev–Trinajstić information content (AvgIpc) is 3.18. The number of aryl methyl sites for hydroxylation is 1. The first-order valence-corrected chi connectivity index (χ1v) is 8.65. The van der Waals surface area contributed by atoms with Gasteiger partial charge in [0.25, 0.3) is 5.91 Å². The lowest BCUT2D eigenvalue weighted by Gasteiger charge is -2.22. The van der Waals surface area contributed by atoms with Crippen molar-refractivity contribution < 1.29 is 14.4 Å². The van der Waals surface area contributed by atoms with Crippen LogP contribution in [0.2, 0.25) is 0 Å². The molecule has 1 spiro atoms. The second-order valence-corrected chi connectivity index (χ2v) is 7.00. The highest BCUT2D eigenvalue weighted by Gasteiger charge is 2.52. The van der Waals surface area contributed by atoms with Gasteiger partial charge < -0.3 is 4.90 Å². The first-order chi connectivity index (χ1) is 12.5. The average molecular weight is 349 g/mol. The summed E-state index contributed by atoms with van der Waals surface area (Å²) in [5.41, 5.74) is 2.22. The first kappa shape index (κ1) is 16.4. The fourth-order valence-corrected chi connectivity index (χ4v) is 3.92. The Morgan fingerprint density at radius 3 is 2.65 bits per heavy atom. The molecule has 2 fully saturated rings. The predicted molar refractivity (Wildman–Crippen MR) is 95.1 cm³/mol. The Labute approximate surface area is 151 Å². The van der Waals surface area contributed by atoms with E-state index in [2.05, 4.69) is 10.3 Å². The van der Waals surface area contributed by atoms with Crippen LogP contribution < -0.4 is 5.32 Å². The molecule has 0 saturated carbocycles. The summed E-state index contributed by atoms with van der Waals surface area (Å²) in [6.07, 6.45) is 2.37. The van der Waals surface area contributed by atoms with Gasteiger partial charge in [-0.05, 0) is 30.5 Å². The van der Waals surface area contributed by atoms with Crippen molar-refractivity contribution in [2.75, 3.05) is 13.1 Å². The van der Waals surface area contributed by atoms with Gasteiger partial charge in [-0.3, -0.25) is 24.7 Å². The molecule has 132 valence electrons. The van der Waals surface area contributed by atoms with Gasteiger partial charge in [0.2, 0.25) is 11.8 Å². The number of pyridine rings is 1. The van der Waals surface area contributed by atoms with Crippen molar-refractivity contribution in [2.45, 2.75) is 19.8 Å². The molecular formula is C20H19N3O3. The van der Waals surface area contributed by atoms with Crippen molar-refractivity contribution >= 4 is 17.7 Å². The molecule has 0 unspecified atom stereocenters. The Morgan fingerprint density at radius 1 is 1.19 bits per heavy atom. The number of benzene rings is 1. The van der Waals surface area contributed by atoms with Crippen molar-refractivity contribution in [1.29, 1.82) is 0 Å². The molecule has 0 aliphatic carbocycles. The van der Waals surface area contributed by atoms with Gasteiger partial charge in [-0.2, -0.15) is 0 Å². The predicted octanol–water partition coefficient (Wildman–Crippen LogP) is 1.94. The van der Waals surface area contributed by atoms with Gasteiger partial charge in [-0.15, -0.1) is 0 Å². The Hall–Kier alpha value is -3.02. The minimum Gasteiger partial charge on any atom is -0.337 e. The molecule has 3 amide bonds. The molecule has 1 aromatic carbocycles. The zero-order valence-corrected chi connectivity index (χ0v) is 14.5. The summed E-state index contributed by atoms with van der Waals surface area (Å²) in [7, 11) is 0. The van der Waals surface area contributed by atoms with Gasteiger partial charge in [0, 0.05) is 25.7 Å². The van der Waals surface area contributed by atoms with Gasteiger partial charge in [-0.1, -0.05) is 30.3 Å². The number of hydrogen-bond acceptors (Lipinski definition) is 4. The Balaban J connectivity index is 1.68. The molecule has 26 heavy (non-hydrogen) atoms. The Bertz CT molecular complexity index is 910. The third-order valence-corrected chi connectivity index (χ3v) is 5.31. The standard InChI is InChI=1S/C20H19N3O3/c1-13-17(15(7-9-21-13)14-5-3-2-4-6-14)18(25)23-10-8-20(12-23)11-16(24)22-19(20)26/h2-7,9H,8,10-12H2,1H3,(H,22,24,26)/t20-/m1/s1. The maximum absolute atomic E-state index is 13.3. The second kappa shape index (κ2) is 6.05. The number of rotatable bonds is 2. The highest BCUT2D eigenvalue weighted by molar-refractivity contribution is 6.07. The minimum absolute atomic E-state index is 0.140. The lowest BCUT2D eigenvalue weighted by Crippen LogP contribution is -2.37. The molecule has 6 nitrogen and oxygen atoms in total. The Morgan fingerprint density at radius 2 is 1.96 bits per heavy atom. The van der Waals surface area contributed by atoms with Gasteiger partial charge in [0.1, 0.15) is 0 Å². The quantitative estimate of drug-likeness (QED) is 0.841. The molecule has 1 N–H and O–H groups in total. The molecule has 2 saturated heterocycles. The SMILES string of the molecule is Cc1nccc(-c2ccccc2)c1C(=O)N1CC[C@@]2(CC(=O)NC2=O)C1. The topological polar surface area (TPSA) is 79.4 Å². The van der Waals surface area contributed by atoms with E-state index in [1.807, 2.05) is 43.3 Å². The van der Waals surface area contributed by atoms with Crippen molar-refractivity contribution in [3.63, 3.8) is 0 Å². The second-order valence-electron chi connectivity index (χ2n) is 7.00. The van der Waals surface area contributed by atoms with E-state index in [9.17, 15) is 14.4 Å². The largest absolute Gasteiger partial charge is 0.337 e. The van der Waals surface area contributed by atoms with Crippen molar-refractivity contribution in [2.24, 2.45) is 5.41 Å². The zero-order valence-electron chi connectivity index (χ0n) is 14.5. The summed E-state index contributed by atoms with van der Waals surface area (Å²) in [5.74, 6) is -0.658. The third-order valence-electron chi connectivity index (χ3n) is 5.31. The number of imide groups is 1. The minimum atomic E-state index is -0.768. The van der Waals surface area contributed by atoms with E-state index in [4.69, 9.17) is 0 Å². The molecule has 2 aromatic rings. The van der Waals surface area contributed by atoms with Gasteiger partial charge in [0.15, 0.2) is 0 Å². The fraction of sp³-hybridized carbons (Fsp3) is 0.300. The van der Waals surface area contributed by atoms with Crippen molar-refractivity contribution in [3.05, 3.63) is 53.9 Å². The summed E-state index contributed by atoms with van der Waals surface area (Å²) in [4.78, 5) is 43.0. The van der Waals surface area contributed by atoms with Crippen LogP contribution in [0.1, 0.15) is 28.9 Å². The number of carbonyl (C=O) groups is 3. The lowest BCUT2D eigenvalue weighted by molar-refractivity contribution is -0.128. The monoisotopic (exact) mass is 349 g/mol. The summed E-state index contributed by atoms with van der Waals surface area (Å²) in [5, 5.41) is 2.37. The van der Waals surface area contributed by atoms with E-state index < -0.39 is 5.41 Å². The maximum atomic E-state index is 13.3. The summed E-state index contributed by atoms with van der Waals surface area (Å²) in [6.45, 7) is 2.55. The number of likely N-dealkylation sites (tertiary alicyclic amines) is 1. The van der Waals surface area contributed by atoms with Crippen LogP contribution in [-0.4, -0.2) is 40.7 Å². The van der Waals surface area contributed by atoms with Crippen molar-refractivity contribution in [3.8, 4) is 11.1 Å². The fourth-order valence-electron chi connectivity index (χ4n) is 3.92. The number of hydrogen-bond donors (Lipinski definition) is 1. The van der Waals surface area contributed by atoms with Crippen LogP contribution in [0.4, 0.5) is 0 Å². The summed E-state index contributed by atoms with van der Waals surface area (Å²) < 4.78 is 0. The van der Waals surface area contributed by atoms with Crippen LogP contribution in [0.25, 0.3) is 11.1 Å². The zero-order chi connectivity index (χ0) is 18.3. The number of aromatic nitrogens is 1. The molecule has 6 heteroatoms. The van der Waals surface area contributed by atoms with Crippen LogP contribution in [0, 0.1) is 12.3 Å². The molecule has 1 atom stereocenters. The van der Waals surface area contributed by atoms with Crippen molar-refractivity contribution in [1.82, 2.24) is 15.2 Å². The van der Waals surface area contributed by atoms with Crippen LogP contribution in [-0.2, 0) is 9.59 Å². The number of nitrogens with one attached hydrogen (secondary N) is 1. The third kappa shape index (κ3) is 2.58. The molecule has 2 aliphatic heterocycles. The van der Waals surface area contributed by atoms with Gasteiger partial charge in [0.05, 0.1) is 16.7 Å². The van der Waals surface area contributed by atoms with Crippen LogP contribution >= 0.6 is 0 Å². The van der Waals surface area contributed by atoms with E-state index in [0.717, 1.165) is 11.1 Å². The molecule has 1 aromatic heterocycles. The molecule has 4 rings (SSSR count). The normalized spacial score (nSPS) is 22.1. The van der Waals surface area contributed by atoms with E-state index in [0.29, 0.717) is 24.2 Å². The Kier molecular flexibility index (Phi) is 3.83. The number of carbonyl (C=O) groups excluding carboxylic acids is 3. The highest BCUT2D eigenvalue weighted by atomic mass is 16.2. The molecule has 0 bridgehead atoms. The van der Waals surface area contributed by atoms with E-state index in [-0.39, 0.29) is 30.7 Å². The summed E-state index contributed by atoms with van der Waals surface area (Å²) >= 11 is 0. The molecule has 3 heterocycles. The molecule has 2 aliphatic rings. The molecular weight excluding hydrogens is 330 g/mol. The smallest absolute Gasteiger partial charge is 0.256 e. The van der Waals surface area contributed by atoms with Crippen LogP contribution in [0.15, 0.2) is 42.6 Å². The van der Waals surface area contributed by atoms with Gasteiger partial charge >= 0.3 is 0 Å². The van der Waals surface area contributed by atoms with Crippen LogP contribution in [0.5, 0.6) is 0 Å². The lowest BCUT2D eigenvalue weighted by atomic mass is 9.85. The van der Waals surface area contributed by atoms with Crippen LogP contribution in [0.3, 0.4) is 0 Å². The van der Waals surface area contributed by atoms with E-state index >= 15 is 0 Å².